The average molecular weight is 423 g/mol. The van der Waals surface area contributed by atoms with Crippen molar-refractivity contribution in [2.45, 2.75) is 38.8 Å². The van der Waals surface area contributed by atoms with Crippen molar-refractivity contribution in [3.05, 3.63) is 70.5 Å². The predicted molar refractivity (Wildman–Crippen MR) is 119 cm³/mol. The van der Waals surface area contributed by atoms with Crippen molar-refractivity contribution in [3.63, 3.8) is 0 Å². The first kappa shape index (κ1) is 21.4. The summed E-state index contributed by atoms with van der Waals surface area (Å²) >= 11 is 0. The van der Waals surface area contributed by atoms with E-state index in [2.05, 4.69) is 23.5 Å². The molecular weight excluding hydrogens is 392 g/mol. The summed E-state index contributed by atoms with van der Waals surface area (Å²) in [6.07, 6.45) is 1.47. The van der Waals surface area contributed by atoms with Crippen molar-refractivity contribution in [1.29, 1.82) is 0 Å². The van der Waals surface area contributed by atoms with Gasteiger partial charge >= 0.3 is 0 Å². The fourth-order valence-electron chi connectivity index (χ4n) is 4.42. The highest BCUT2D eigenvalue weighted by molar-refractivity contribution is 6.23. The van der Waals surface area contributed by atoms with E-state index in [1.807, 2.05) is 43.2 Å². The van der Waals surface area contributed by atoms with E-state index >= 15 is 0 Å². The summed E-state index contributed by atoms with van der Waals surface area (Å²) in [5.74, 6) is 1.49. The van der Waals surface area contributed by atoms with Crippen molar-refractivity contribution in [3.8, 4) is 5.75 Å². The van der Waals surface area contributed by atoms with Crippen LogP contribution in [0.5, 0.6) is 5.75 Å². The highest BCUT2D eigenvalue weighted by atomic mass is 16.7. The monoisotopic (exact) mass is 422 g/mol. The molecule has 0 atom stereocenters. The summed E-state index contributed by atoms with van der Waals surface area (Å²) < 4.78 is 11.7. The lowest BCUT2D eigenvalue weighted by Crippen LogP contribution is -2.53. The van der Waals surface area contributed by atoms with Crippen molar-refractivity contribution in [2.24, 2.45) is 0 Å². The average Bonchev–Trinajstić information content (AvgIpc) is 3.05. The Bertz CT molecular complexity index is 989. The lowest BCUT2D eigenvalue weighted by molar-refractivity contribution is -0.153. The molecule has 31 heavy (non-hydrogen) atoms. The van der Waals surface area contributed by atoms with Crippen LogP contribution in [-0.2, 0) is 21.0 Å². The number of ether oxygens (including phenoxy) is 2. The largest absolute Gasteiger partial charge is 0.497 e. The second-order valence-corrected chi connectivity index (χ2v) is 8.31. The van der Waals surface area contributed by atoms with Crippen LogP contribution in [0.3, 0.4) is 0 Å². The Morgan fingerprint density at radius 1 is 1.03 bits per heavy atom. The fourth-order valence-corrected chi connectivity index (χ4v) is 4.42. The van der Waals surface area contributed by atoms with E-state index in [-0.39, 0.29) is 5.91 Å². The van der Waals surface area contributed by atoms with Gasteiger partial charge in [-0.15, -0.1) is 0 Å². The van der Waals surface area contributed by atoms with E-state index in [4.69, 9.17) is 14.3 Å². The lowest BCUT2D eigenvalue weighted by Gasteiger charge is -2.39. The van der Waals surface area contributed by atoms with E-state index in [0.29, 0.717) is 12.2 Å². The van der Waals surface area contributed by atoms with Crippen LogP contribution in [0.1, 0.15) is 35.1 Å². The molecule has 2 aliphatic heterocycles. The second kappa shape index (κ2) is 8.73. The van der Waals surface area contributed by atoms with Crippen LogP contribution in [-0.4, -0.2) is 43.8 Å². The van der Waals surface area contributed by atoms with Crippen molar-refractivity contribution in [2.75, 3.05) is 27.3 Å². The number of rotatable bonds is 6. The molecule has 2 aliphatic rings. The van der Waals surface area contributed by atoms with Crippen LogP contribution in [0, 0.1) is 13.8 Å². The maximum Gasteiger partial charge on any atom is 0.256 e. The zero-order chi connectivity index (χ0) is 22.0. The van der Waals surface area contributed by atoms with Crippen molar-refractivity contribution >= 4 is 11.5 Å². The van der Waals surface area contributed by atoms with Crippen LogP contribution in [0.15, 0.2) is 48.2 Å². The van der Waals surface area contributed by atoms with E-state index in [1.54, 1.807) is 14.2 Å². The van der Waals surface area contributed by atoms with Gasteiger partial charge in [0.05, 0.1) is 19.8 Å². The van der Waals surface area contributed by atoms with E-state index in [9.17, 15) is 4.79 Å². The van der Waals surface area contributed by atoms with Crippen LogP contribution >= 0.6 is 0 Å². The zero-order valence-electron chi connectivity index (χ0n) is 18.7. The first-order valence-corrected chi connectivity index (χ1v) is 10.7. The predicted octanol–water partition coefficient (Wildman–Crippen LogP) is 3.77. The van der Waals surface area contributed by atoms with Gasteiger partial charge in [-0.2, -0.15) is 5.06 Å². The topological polar surface area (TPSA) is 60.0 Å². The number of piperidine rings is 1. The summed E-state index contributed by atoms with van der Waals surface area (Å²) in [7, 11) is 3.34. The molecule has 2 aromatic rings. The summed E-state index contributed by atoms with van der Waals surface area (Å²) in [5, 5.41) is 5.20. The molecule has 1 N–H and O–H groups in total. The summed E-state index contributed by atoms with van der Waals surface area (Å²) in [4.78, 5) is 18.7. The van der Waals surface area contributed by atoms with Gasteiger partial charge in [0.2, 0.25) is 0 Å². The molecule has 2 heterocycles. The molecule has 0 aromatic heterocycles. The molecule has 2 aromatic carbocycles. The molecule has 164 valence electrons. The number of aryl methyl sites for hydroxylation is 2. The van der Waals surface area contributed by atoms with Gasteiger partial charge in [-0.25, -0.2) is 0 Å². The molecule has 0 bridgehead atoms. The van der Waals surface area contributed by atoms with Gasteiger partial charge in [-0.3, -0.25) is 4.79 Å². The number of carbonyl (C=O) groups excluding carboxylic acids is 1. The highest BCUT2D eigenvalue weighted by Crippen LogP contribution is 2.42. The Hall–Kier alpha value is -2.83. The SMILES string of the molecule is COc1ccc(COC2=C(c3cc(C)ccc3C)C(=O)NC23CCN(OC)CC3)cc1. The maximum atomic E-state index is 13.3. The minimum absolute atomic E-state index is 0.0655. The number of hydroxylamine groups is 2. The normalized spacial score (nSPS) is 18.4. The third-order valence-corrected chi connectivity index (χ3v) is 6.28. The third-order valence-electron chi connectivity index (χ3n) is 6.28. The van der Waals surface area contributed by atoms with E-state index in [1.165, 1.54) is 0 Å². The summed E-state index contributed by atoms with van der Waals surface area (Å²) in [6, 6.07) is 14.0. The maximum absolute atomic E-state index is 13.3. The number of benzene rings is 2. The Kier molecular flexibility index (Phi) is 6.03. The Morgan fingerprint density at radius 3 is 2.39 bits per heavy atom. The molecule has 0 aliphatic carbocycles. The molecule has 6 heteroatoms. The first-order valence-electron chi connectivity index (χ1n) is 10.7. The summed E-state index contributed by atoms with van der Waals surface area (Å²) in [5.41, 5.74) is 4.29. The number of nitrogens with one attached hydrogen (secondary N) is 1. The van der Waals surface area contributed by atoms with Gasteiger partial charge in [0, 0.05) is 13.1 Å². The van der Waals surface area contributed by atoms with E-state index in [0.717, 1.165) is 59.7 Å². The minimum atomic E-state index is -0.510. The first-order chi connectivity index (χ1) is 15.0. The number of nitrogens with zero attached hydrogens (tertiary/aromatic N) is 1. The lowest BCUT2D eigenvalue weighted by atomic mass is 9.85. The number of hydrogen-bond donors (Lipinski definition) is 1. The van der Waals surface area contributed by atoms with E-state index < -0.39 is 5.54 Å². The molecule has 0 radical (unpaired) electrons. The number of carbonyl (C=O) groups is 1. The fraction of sp³-hybridized carbons (Fsp3) is 0.400. The van der Waals surface area contributed by atoms with Gasteiger partial charge in [-0.1, -0.05) is 35.9 Å². The van der Waals surface area contributed by atoms with Crippen molar-refractivity contribution in [1.82, 2.24) is 10.4 Å². The molecule has 1 fully saturated rings. The van der Waals surface area contributed by atoms with Crippen LogP contribution in [0.2, 0.25) is 0 Å². The number of hydrogen-bond acceptors (Lipinski definition) is 5. The minimum Gasteiger partial charge on any atom is -0.497 e. The standard InChI is InChI=1S/C25H30N2O4/c1-17-5-6-18(2)21(15-17)22-23(31-16-19-7-9-20(29-3)10-8-19)25(26-24(22)28)11-13-27(30-4)14-12-25/h5-10,15H,11-14,16H2,1-4H3,(H,26,28). The van der Waals surface area contributed by atoms with Gasteiger partial charge in [0.15, 0.2) is 0 Å². The molecule has 0 unspecified atom stereocenters. The summed E-state index contributed by atoms with van der Waals surface area (Å²) in [6.45, 7) is 5.92. The van der Waals surface area contributed by atoms with Gasteiger partial charge < -0.3 is 19.6 Å². The molecule has 4 rings (SSSR count). The molecular formula is C25H30N2O4. The van der Waals surface area contributed by atoms with Crippen LogP contribution < -0.4 is 10.1 Å². The quantitative estimate of drug-likeness (QED) is 0.768. The van der Waals surface area contributed by atoms with Crippen molar-refractivity contribution < 1.29 is 19.1 Å². The Labute approximate surface area is 183 Å². The Balaban J connectivity index is 1.72. The third kappa shape index (κ3) is 4.18. The second-order valence-electron chi connectivity index (χ2n) is 8.31. The smallest absolute Gasteiger partial charge is 0.256 e. The van der Waals surface area contributed by atoms with Crippen LogP contribution in [0.4, 0.5) is 0 Å². The zero-order valence-corrected chi connectivity index (χ0v) is 18.7. The van der Waals surface area contributed by atoms with Gasteiger partial charge in [0.1, 0.15) is 23.7 Å². The van der Waals surface area contributed by atoms with Crippen LogP contribution in [0.25, 0.3) is 5.57 Å². The highest BCUT2D eigenvalue weighted by Gasteiger charge is 2.49. The molecule has 6 nitrogen and oxygen atoms in total. The molecule has 1 amide bonds. The molecule has 1 saturated heterocycles. The van der Waals surface area contributed by atoms with Gasteiger partial charge in [-0.05, 0) is 55.5 Å². The number of methoxy groups -OCH3 is 1. The Morgan fingerprint density at radius 2 is 1.74 bits per heavy atom. The van der Waals surface area contributed by atoms with Gasteiger partial charge in [0.25, 0.3) is 5.91 Å². The number of amides is 1. The molecule has 1 spiro atoms. The molecule has 0 saturated carbocycles.